The van der Waals surface area contributed by atoms with Gasteiger partial charge in [0.15, 0.2) is 5.78 Å². The van der Waals surface area contributed by atoms with Gasteiger partial charge in [-0.3, -0.25) is 4.79 Å². The quantitative estimate of drug-likeness (QED) is 0.737. The maximum Gasteiger partial charge on any atom is 0.227 e. The van der Waals surface area contributed by atoms with E-state index in [4.69, 9.17) is 4.74 Å². The zero-order valence-corrected chi connectivity index (χ0v) is 15.5. The van der Waals surface area contributed by atoms with E-state index in [9.17, 15) is 4.79 Å². The maximum absolute atomic E-state index is 12.6. The number of thiophene rings is 1. The molecule has 2 heterocycles. The number of rotatable bonds is 4. The lowest BCUT2D eigenvalue weighted by molar-refractivity contribution is 0.0962. The fourth-order valence-corrected chi connectivity index (χ4v) is 4.19. The summed E-state index contributed by atoms with van der Waals surface area (Å²) < 4.78 is 5.18. The Labute approximate surface area is 156 Å². The lowest BCUT2D eigenvalue weighted by atomic mass is 9.84. The smallest absolute Gasteiger partial charge is 0.227 e. The topological polar surface area (TPSA) is 64.1 Å². The molecule has 0 aliphatic heterocycles. The number of carbonyl (C=O) groups excluding carboxylic acids is 1. The summed E-state index contributed by atoms with van der Waals surface area (Å²) in [6.07, 6.45) is 1.30. The molecule has 132 valence electrons. The molecule has 4 rings (SSSR count). The maximum atomic E-state index is 12.6. The van der Waals surface area contributed by atoms with Crippen LogP contribution in [0.3, 0.4) is 0 Å². The van der Waals surface area contributed by atoms with Crippen molar-refractivity contribution in [3.05, 3.63) is 63.6 Å². The van der Waals surface area contributed by atoms with Crippen LogP contribution in [0.2, 0.25) is 0 Å². The summed E-state index contributed by atoms with van der Waals surface area (Å²) in [5, 5.41) is 5.28. The summed E-state index contributed by atoms with van der Waals surface area (Å²) >= 11 is 1.70. The van der Waals surface area contributed by atoms with Crippen molar-refractivity contribution < 1.29 is 9.53 Å². The number of aromatic nitrogens is 2. The lowest BCUT2D eigenvalue weighted by Crippen LogP contribution is -2.22. The van der Waals surface area contributed by atoms with Gasteiger partial charge in [0.1, 0.15) is 5.75 Å². The van der Waals surface area contributed by atoms with E-state index in [-0.39, 0.29) is 11.7 Å². The summed E-state index contributed by atoms with van der Waals surface area (Å²) in [4.78, 5) is 23.0. The summed E-state index contributed by atoms with van der Waals surface area (Å²) in [6.45, 7) is 1.88. The predicted octanol–water partition coefficient (Wildman–Crippen LogP) is 4.51. The molecule has 0 fully saturated rings. The van der Waals surface area contributed by atoms with Crippen molar-refractivity contribution in [2.24, 2.45) is 0 Å². The minimum Gasteiger partial charge on any atom is -0.497 e. The molecular formula is C20H19N3O2S. The molecule has 26 heavy (non-hydrogen) atoms. The number of ketones is 1. The van der Waals surface area contributed by atoms with Gasteiger partial charge >= 0.3 is 0 Å². The van der Waals surface area contributed by atoms with Crippen molar-refractivity contribution in [3.63, 3.8) is 0 Å². The molecule has 0 bridgehead atoms. The molecule has 1 aliphatic rings. The second-order valence-corrected chi connectivity index (χ2v) is 7.33. The van der Waals surface area contributed by atoms with E-state index >= 15 is 0 Å². The van der Waals surface area contributed by atoms with Crippen LogP contribution in [0.4, 0.5) is 11.6 Å². The number of hydrogen-bond acceptors (Lipinski definition) is 6. The SMILES string of the molecule is COc1ccc(Nc2nc(C)c3c(n2)C[C@@H](c2cccs2)CC3=O)cc1. The highest BCUT2D eigenvalue weighted by atomic mass is 32.1. The second kappa shape index (κ2) is 6.88. The number of nitrogens with zero attached hydrogens (tertiary/aromatic N) is 2. The number of benzene rings is 1. The molecule has 2 aromatic heterocycles. The molecule has 1 atom stereocenters. The highest BCUT2D eigenvalue weighted by Crippen LogP contribution is 2.35. The average Bonchev–Trinajstić information content (AvgIpc) is 3.16. The van der Waals surface area contributed by atoms with Crippen LogP contribution in [0, 0.1) is 6.92 Å². The number of fused-ring (bicyclic) bond motifs is 1. The summed E-state index contributed by atoms with van der Waals surface area (Å²) in [6, 6.07) is 11.7. The van der Waals surface area contributed by atoms with Gasteiger partial charge < -0.3 is 10.1 Å². The standard InChI is InChI=1S/C20H19N3O2S/c1-12-19-16(10-13(11-17(19)24)18-4-3-9-26-18)23-20(21-12)22-14-5-7-15(25-2)8-6-14/h3-9,13H,10-11H2,1-2H3,(H,21,22,23)/t13-/m1/s1. The van der Waals surface area contributed by atoms with E-state index in [1.54, 1.807) is 18.4 Å². The number of nitrogens with one attached hydrogen (secondary N) is 1. The second-order valence-electron chi connectivity index (χ2n) is 6.35. The van der Waals surface area contributed by atoms with Gasteiger partial charge in [0.25, 0.3) is 0 Å². The number of carbonyl (C=O) groups is 1. The zero-order chi connectivity index (χ0) is 18.1. The molecule has 1 aromatic carbocycles. The number of Topliss-reactive ketones (excluding diaryl/α,β-unsaturated/α-hetero) is 1. The fourth-order valence-electron chi connectivity index (χ4n) is 3.36. The monoisotopic (exact) mass is 365 g/mol. The predicted molar refractivity (Wildman–Crippen MR) is 103 cm³/mol. The third-order valence-corrected chi connectivity index (χ3v) is 5.64. The van der Waals surface area contributed by atoms with Gasteiger partial charge in [-0.25, -0.2) is 9.97 Å². The van der Waals surface area contributed by atoms with Gasteiger partial charge in [-0.15, -0.1) is 11.3 Å². The van der Waals surface area contributed by atoms with Crippen LogP contribution in [0.25, 0.3) is 0 Å². The Hall–Kier alpha value is -2.73. The molecule has 3 aromatic rings. The first-order chi connectivity index (χ1) is 12.6. The van der Waals surface area contributed by atoms with Crippen LogP contribution >= 0.6 is 11.3 Å². The summed E-state index contributed by atoms with van der Waals surface area (Å²) in [7, 11) is 1.64. The molecule has 1 N–H and O–H groups in total. The van der Waals surface area contributed by atoms with Crippen molar-refractivity contribution in [2.45, 2.75) is 25.7 Å². The number of ether oxygens (including phenoxy) is 1. The van der Waals surface area contributed by atoms with Gasteiger partial charge in [-0.1, -0.05) is 6.07 Å². The Kier molecular flexibility index (Phi) is 4.42. The van der Waals surface area contributed by atoms with Crippen molar-refractivity contribution >= 4 is 28.8 Å². The first-order valence-electron chi connectivity index (χ1n) is 8.49. The van der Waals surface area contributed by atoms with Gasteiger partial charge in [0.05, 0.1) is 24.1 Å². The van der Waals surface area contributed by atoms with E-state index in [1.165, 1.54) is 4.88 Å². The molecule has 0 saturated heterocycles. The van der Waals surface area contributed by atoms with Gasteiger partial charge in [0.2, 0.25) is 5.95 Å². The van der Waals surface area contributed by atoms with Gasteiger partial charge in [-0.05, 0) is 49.1 Å². The Morgan fingerprint density at radius 3 is 2.65 bits per heavy atom. The van der Waals surface area contributed by atoms with Crippen LogP contribution in [0.1, 0.15) is 39.0 Å². The van der Waals surface area contributed by atoms with E-state index in [2.05, 4.69) is 26.7 Å². The van der Waals surface area contributed by atoms with Crippen molar-refractivity contribution in [2.75, 3.05) is 12.4 Å². The largest absolute Gasteiger partial charge is 0.497 e. The molecule has 1 aliphatic carbocycles. The van der Waals surface area contributed by atoms with E-state index in [0.717, 1.165) is 29.2 Å². The van der Waals surface area contributed by atoms with E-state index < -0.39 is 0 Å². The molecule has 0 amide bonds. The number of anilines is 2. The lowest BCUT2D eigenvalue weighted by Gasteiger charge is -2.23. The van der Waals surface area contributed by atoms with Crippen LogP contribution in [-0.2, 0) is 6.42 Å². The third-order valence-electron chi connectivity index (χ3n) is 4.61. The van der Waals surface area contributed by atoms with Crippen molar-refractivity contribution in [1.82, 2.24) is 9.97 Å². The molecule has 6 heteroatoms. The van der Waals surface area contributed by atoms with Crippen LogP contribution < -0.4 is 10.1 Å². The average molecular weight is 365 g/mol. The van der Waals surface area contributed by atoms with E-state index in [0.29, 0.717) is 17.9 Å². The van der Waals surface area contributed by atoms with Gasteiger partial charge in [0, 0.05) is 22.9 Å². The van der Waals surface area contributed by atoms with E-state index in [1.807, 2.05) is 37.3 Å². The van der Waals surface area contributed by atoms with Gasteiger partial charge in [-0.2, -0.15) is 0 Å². The Morgan fingerprint density at radius 2 is 1.96 bits per heavy atom. The van der Waals surface area contributed by atoms with Crippen LogP contribution in [0.5, 0.6) is 5.75 Å². The minimum atomic E-state index is 0.137. The summed E-state index contributed by atoms with van der Waals surface area (Å²) in [5.41, 5.74) is 3.14. The number of aryl methyl sites for hydroxylation is 1. The molecule has 0 spiro atoms. The Morgan fingerprint density at radius 1 is 1.15 bits per heavy atom. The molecular weight excluding hydrogens is 346 g/mol. The van der Waals surface area contributed by atoms with Crippen molar-refractivity contribution in [3.8, 4) is 5.75 Å². The van der Waals surface area contributed by atoms with Crippen LogP contribution in [0.15, 0.2) is 41.8 Å². The highest BCUT2D eigenvalue weighted by molar-refractivity contribution is 7.10. The number of methoxy groups -OCH3 is 1. The first kappa shape index (κ1) is 16.7. The Balaban J connectivity index is 1.63. The fraction of sp³-hybridized carbons (Fsp3) is 0.250. The summed E-state index contributed by atoms with van der Waals surface area (Å²) in [5.74, 6) is 1.66. The van der Waals surface area contributed by atoms with Crippen molar-refractivity contribution in [1.29, 1.82) is 0 Å². The zero-order valence-electron chi connectivity index (χ0n) is 14.7. The minimum absolute atomic E-state index is 0.137. The molecule has 0 radical (unpaired) electrons. The Bertz CT molecular complexity index is 936. The molecule has 0 saturated carbocycles. The molecule has 5 nitrogen and oxygen atoms in total. The number of hydrogen-bond donors (Lipinski definition) is 1. The highest BCUT2D eigenvalue weighted by Gasteiger charge is 2.30. The normalized spacial score (nSPS) is 16.2. The van der Waals surface area contributed by atoms with Crippen LogP contribution in [-0.4, -0.2) is 22.9 Å². The third kappa shape index (κ3) is 3.20. The first-order valence-corrected chi connectivity index (χ1v) is 9.37. The molecule has 0 unspecified atom stereocenters.